The van der Waals surface area contributed by atoms with Crippen molar-refractivity contribution in [2.75, 3.05) is 28.6 Å². The van der Waals surface area contributed by atoms with Crippen LogP contribution in [-0.2, 0) is 6.54 Å². The molecular weight excluding hydrogens is 362 g/mol. The van der Waals surface area contributed by atoms with Gasteiger partial charge in [-0.15, -0.1) is 0 Å². The zero-order valence-corrected chi connectivity index (χ0v) is 17.1. The lowest BCUT2D eigenvalue weighted by Gasteiger charge is -2.21. The maximum atomic E-state index is 12.7. The van der Waals surface area contributed by atoms with Crippen LogP contribution >= 0.6 is 0 Å². The second-order valence-corrected chi connectivity index (χ2v) is 6.70. The number of carbonyl (C=O) groups excluding carboxylic acids is 1. The van der Waals surface area contributed by atoms with Crippen molar-refractivity contribution in [3.8, 4) is 0 Å². The van der Waals surface area contributed by atoms with Crippen molar-refractivity contribution in [2.45, 2.75) is 27.3 Å². The number of aryl methyl sites for hydroxylation is 1. The molecule has 2 aromatic carbocycles. The van der Waals surface area contributed by atoms with Crippen LogP contribution in [0.3, 0.4) is 0 Å². The Morgan fingerprint density at radius 1 is 0.966 bits per heavy atom. The van der Waals surface area contributed by atoms with Gasteiger partial charge in [0.2, 0.25) is 0 Å². The molecule has 6 heteroatoms. The molecule has 6 nitrogen and oxygen atoms in total. The number of nitrogens with one attached hydrogen (secondary N) is 2. The molecule has 1 aromatic heterocycles. The van der Waals surface area contributed by atoms with Crippen LogP contribution in [0.4, 0.5) is 17.2 Å². The molecule has 0 aliphatic heterocycles. The predicted octanol–water partition coefficient (Wildman–Crippen LogP) is 4.50. The molecular formula is C23H27N5O. The van der Waals surface area contributed by atoms with Crippen LogP contribution in [0, 0.1) is 6.92 Å². The van der Waals surface area contributed by atoms with Crippen molar-refractivity contribution < 1.29 is 4.79 Å². The summed E-state index contributed by atoms with van der Waals surface area (Å²) in [6.45, 7) is 8.55. The summed E-state index contributed by atoms with van der Waals surface area (Å²) < 4.78 is 0. The summed E-state index contributed by atoms with van der Waals surface area (Å²) in [5.41, 5.74) is 3.35. The number of amides is 1. The summed E-state index contributed by atoms with van der Waals surface area (Å²) in [6, 6.07) is 19.6. The Balaban J connectivity index is 1.68. The Labute approximate surface area is 172 Å². The Hall–Kier alpha value is -3.41. The van der Waals surface area contributed by atoms with E-state index < -0.39 is 0 Å². The maximum Gasteiger partial charge on any atom is 0.274 e. The van der Waals surface area contributed by atoms with E-state index in [9.17, 15) is 4.79 Å². The van der Waals surface area contributed by atoms with Gasteiger partial charge in [0.05, 0.1) is 0 Å². The van der Waals surface area contributed by atoms with Crippen molar-refractivity contribution in [3.05, 3.63) is 77.7 Å². The molecule has 0 aliphatic rings. The number of rotatable bonds is 8. The topological polar surface area (TPSA) is 70.2 Å². The van der Waals surface area contributed by atoms with Gasteiger partial charge in [0.15, 0.2) is 0 Å². The van der Waals surface area contributed by atoms with Gasteiger partial charge in [0.25, 0.3) is 5.91 Å². The molecule has 150 valence electrons. The van der Waals surface area contributed by atoms with Crippen LogP contribution < -0.4 is 15.5 Å². The van der Waals surface area contributed by atoms with Gasteiger partial charge >= 0.3 is 0 Å². The van der Waals surface area contributed by atoms with Gasteiger partial charge in [-0.25, -0.2) is 9.97 Å². The maximum absolute atomic E-state index is 12.7. The average Bonchev–Trinajstić information content (AvgIpc) is 2.74. The minimum atomic E-state index is -0.256. The summed E-state index contributed by atoms with van der Waals surface area (Å²) in [7, 11) is 0. The van der Waals surface area contributed by atoms with Crippen molar-refractivity contribution in [1.82, 2.24) is 9.97 Å². The standard InChI is InChI=1S/C23H27N5O/c1-4-28(5-2)20-13-11-19(12-14-20)27-23(29)21-15-22(26-17(3)25-21)24-16-18-9-7-6-8-10-18/h6-15H,4-5,16H2,1-3H3,(H,27,29)(H,24,25,26). The highest BCUT2D eigenvalue weighted by Crippen LogP contribution is 2.18. The molecule has 3 aromatic rings. The molecule has 0 spiro atoms. The zero-order valence-electron chi connectivity index (χ0n) is 17.1. The minimum absolute atomic E-state index is 0.256. The van der Waals surface area contributed by atoms with Gasteiger partial charge in [0.1, 0.15) is 17.3 Å². The van der Waals surface area contributed by atoms with Gasteiger partial charge in [0, 0.05) is 37.1 Å². The molecule has 0 bridgehead atoms. The van der Waals surface area contributed by atoms with Crippen LogP contribution in [-0.4, -0.2) is 29.0 Å². The Bertz CT molecular complexity index is 937. The zero-order chi connectivity index (χ0) is 20.6. The smallest absolute Gasteiger partial charge is 0.274 e. The van der Waals surface area contributed by atoms with E-state index in [-0.39, 0.29) is 5.91 Å². The largest absolute Gasteiger partial charge is 0.372 e. The van der Waals surface area contributed by atoms with Crippen LogP contribution in [0.15, 0.2) is 60.7 Å². The first kappa shape index (κ1) is 20.3. The molecule has 0 fully saturated rings. The number of nitrogens with zero attached hydrogens (tertiary/aromatic N) is 3. The highest BCUT2D eigenvalue weighted by atomic mass is 16.1. The lowest BCUT2D eigenvalue weighted by Crippen LogP contribution is -2.21. The first-order chi connectivity index (χ1) is 14.1. The molecule has 0 saturated carbocycles. The van der Waals surface area contributed by atoms with Crippen molar-refractivity contribution >= 4 is 23.1 Å². The molecule has 1 heterocycles. The first-order valence-corrected chi connectivity index (χ1v) is 9.89. The van der Waals surface area contributed by atoms with Crippen LogP contribution in [0.1, 0.15) is 35.7 Å². The van der Waals surface area contributed by atoms with Gasteiger partial charge in [-0.05, 0) is 50.6 Å². The molecule has 2 N–H and O–H groups in total. The van der Waals surface area contributed by atoms with E-state index in [0.717, 1.165) is 30.0 Å². The van der Waals surface area contributed by atoms with Gasteiger partial charge in [-0.3, -0.25) is 4.79 Å². The van der Waals surface area contributed by atoms with Crippen LogP contribution in [0.5, 0.6) is 0 Å². The highest BCUT2D eigenvalue weighted by molar-refractivity contribution is 6.03. The van der Waals surface area contributed by atoms with E-state index in [0.29, 0.717) is 23.9 Å². The van der Waals surface area contributed by atoms with Crippen molar-refractivity contribution in [2.24, 2.45) is 0 Å². The molecule has 3 rings (SSSR count). The Morgan fingerprint density at radius 3 is 2.31 bits per heavy atom. The summed E-state index contributed by atoms with van der Waals surface area (Å²) in [5, 5.41) is 6.17. The molecule has 0 unspecified atom stereocenters. The van der Waals surface area contributed by atoms with E-state index >= 15 is 0 Å². The fourth-order valence-electron chi connectivity index (χ4n) is 3.10. The molecule has 0 radical (unpaired) electrons. The Morgan fingerprint density at radius 2 is 1.66 bits per heavy atom. The number of carbonyl (C=O) groups is 1. The normalized spacial score (nSPS) is 10.4. The van der Waals surface area contributed by atoms with E-state index in [1.54, 1.807) is 13.0 Å². The average molecular weight is 390 g/mol. The van der Waals surface area contributed by atoms with Crippen molar-refractivity contribution in [1.29, 1.82) is 0 Å². The van der Waals surface area contributed by atoms with Crippen LogP contribution in [0.2, 0.25) is 0 Å². The SMILES string of the molecule is CCN(CC)c1ccc(NC(=O)c2cc(NCc3ccccc3)nc(C)n2)cc1. The number of hydrogen-bond acceptors (Lipinski definition) is 5. The molecule has 29 heavy (non-hydrogen) atoms. The highest BCUT2D eigenvalue weighted by Gasteiger charge is 2.11. The predicted molar refractivity (Wildman–Crippen MR) is 118 cm³/mol. The third kappa shape index (κ3) is 5.54. The van der Waals surface area contributed by atoms with Gasteiger partial charge < -0.3 is 15.5 Å². The lowest BCUT2D eigenvalue weighted by atomic mass is 10.2. The van der Waals surface area contributed by atoms with Crippen LogP contribution in [0.25, 0.3) is 0 Å². The molecule has 1 amide bonds. The molecule has 0 atom stereocenters. The van der Waals surface area contributed by atoms with E-state index in [2.05, 4.69) is 39.3 Å². The second-order valence-electron chi connectivity index (χ2n) is 6.70. The quantitative estimate of drug-likeness (QED) is 0.594. The Kier molecular flexibility index (Phi) is 6.79. The number of benzene rings is 2. The third-order valence-corrected chi connectivity index (χ3v) is 4.64. The fraction of sp³-hybridized carbons (Fsp3) is 0.261. The van der Waals surface area contributed by atoms with Crippen molar-refractivity contribution in [3.63, 3.8) is 0 Å². The number of hydrogen-bond donors (Lipinski definition) is 2. The van der Waals surface area contributed by atoms with E-state index in [4.69, 9.17) is 0 Å². The third-order valence-electron chi connectivity index (χ3n) is 4.64. The summed E-state index contributed by atoms with van der Waals surface area (Å²) >= 11 is 0. The van der Waals surface area contributed by atoms with E-state index in [1.807, 2.05) is 54.6 Å². The minimum Gasteiger partial charge on any atom is -0.372 e. The number of aromatic nitrogens is 2. The monoisotopic (exact) mass is 389 g/mol. The molecule has 0 saturated heterocycles. The van der Waals surface area contributed by atoms with E-state index in [1.165, 1.54) is 0 Å². The second kappa shape index (κ2) is 9.68. The molecule has 0 aliphatic carbocycles. The fourth-order valence-corrected chi connectivity index (χ4v) is 3.10. The number of anilines is 3. The van der Waals surface area contributed by atoms with Gasteiger partial charge in [-0.1, -0.05) is 30.3 Å². The lowest BCUT2D eigenvalue weighted by molar-refractivity contribution is 0.102. The summed E-state index contributed by atoms with van der Waals surface area (Å²) in [6.07, 6.45) is 0. The summed E-state index contributed by atoms with van der Waals surface area (Å²) in [5.74, 6) is 0.919. The van der Waals surface area contributed by atoms with Gasteiger partial charge in [-0.2, -0.15) is 0 Å². The summed E-state index contributed by atoms with van der Waals surface area (Å²) in [4.78, 5) is 23.6. The first-order valence-electron chi connectivity index (χ1n) is 9.89.